The van der Waals surface area contributed by atoms with Gasteiger partial charge in [0.25, 0.3) is 0 Å². The second kappa shape index (κ2) is 8.11. The number of likely N-dealkylation sites (N-methyl/N-ethyl adjacent to an activating group) is 1. The summed E-state index contributed by atoms with van der Waals surface area (Å²) in [5, 5.41) is 0.611. The Kier molecular flexibility index (Phi) is 5.84. The first-order chi connectivity index (χ1) is 12.5. The Morgan fingerprint density at radius 2 is 1.88 bits per heavy atom. The largest absolute Gasteiger partial charge is 0.491 e. The number of rotatable bonds is 6. The fraction of sp³-hybridized carbons (Fsp3) is 0.381. The van der Waals surface area contributed by atoms with E-state index in [-0.39, 0.29) is 18.1 Å². The Hall–Kier alpha value is -2.04. The first kappa shape index (κ1) is 18.7. The summed E-state index contributed by atoms with van der Waals surface area (Å²) >= 11 is 6.27. The maximum absolute atomic E-state index is 12.9. The van der Waals surface area contributed by atoms with E-state index in [1.165, 1.54) is 0 Å². The van der Waals surface area contributed by atoms with Crippen LogP contribution in [0.5, 0.6) is 5.75 Å². The smallest absolute Gasteiger partial charge is 0.244 e. The topological polar surface area (TPSA) is 32.8 Å². The first-order valence-electron chi connectivity index (χ1n) is 8.98. The van der Waals surface area contributed by atoms with Crippen molar-refractivity contribution in [2.45, 2.75) is 39.0 Å². The molecule has 3 rings (SSSR count). The van der Waals surface area contributed by atoms with E-state index in [0.717, 1.165) is 23.4 Å². The van der Waals surface area contributed by atoms with Crippen molar-refractivity contribution < 1.29 is 9.53 Å². The van der Waals surface area contributed by atoms with Crippen molar-refractivity contribution in [2.75, 3.05) is 18.5 Å². The molecule has 4 nitrogen and oxygen atoms in total. The van der Waals surface area contributed by atoms with Crippen LogP contribution in [0.25, 0.3) is 0 Å². The summed E-state index contributed by atoms with van der Waals surface area (Å²) in [5.74, 6) is 0.977. The van der Waals surface area contributed by atoms with Crippen LogP contribution >= 0.6 is 11.6 Å². The molecule has 0 bridgehead atoms. The summed E-state index contributed by atoms with van der Waals surface area (Å²) in [6, 6.07) is 15.4. The summed E-state index contributed by atoms with van der Waals surface area (Å²) < 4.78 is 5.90. The van der Waals surface area contributed by atoms with Crippen molar-refractivity contribution in [1.29, 1.82) is 0 Å². The Morgan fingerprint density at radius 3 is 2.62 bits per heavy atom. The van der Waals surface area contributed by atoms with Crippen LogP contribution in [0.1, 0.15) is 25.8 Å². The van der Waals surface area contributed by atoms with E-state index in [1.54, 1.807) is 4.90 Å². The molecular formula is C21H25ClN2O2. The third-order valence-corrected chi connectivity index (χ3v) is 4.93. The lowest BCUT2D eigenvalue weighted by molar-refractivity contribution is -0.121. The molecule has 0 aromatic heterocycles. The van der Waals surface area contributed by atoms with E-state index in [4.69, 9.17) is 16.3 Å². The number of hydrogen-bond donors (Lipinski definition) is 0. The van der Waals surface area contributed by atoms with Crippen LogP contribution in [0, 0.1) is 0 Å². The van der Waals surface area contributed by atoms with Crippen molar-refractivity contribution in [3.8, 4) is 5.75 Å². The third-order valence-electron chi connectivity index (χ3n) is 4.61. The summed E-state index contributed by atoms with van der Waals surface area (Å²) in [4.78, 5) is 16.8. The quantitative estimate of drug-likeness (QED) is 0.755. The predicted molar refractivity (Wildman–Crippen MR) is 106 cm³/mol. The first-order valence-corrected chi connectivity index (χ1v) is 9.36. The van der Waals surface area contributed by atoms with Crippen LogP contribution in [-0.2, 0) is 11.3 Å². The SMILES string of the molecule is CC(C)Oc1ccccc1CN(C)C1CCN(c2ccccc2Cl)C1=O. The number of anilines is 1. The van der Waals surface area contributed by atoms with E-state index in [2.05, 4.69) is 11.0 Å². The number of carbonyl (C=O) groups excluding carboxylic acids is 1. The van der Waals surface area contributed by atoms with Gasteiger partial charge in [-0.25, -0.2) is 0 Å². The number of para-hydroxylation sites is 2. The fourth-order valence-corrected chi connectivity index (χ4v) is 3.60. The molecule has 138 valence electrons. The van der Waals surface area contributed by atoms with E-state index in [0.29, 0.717) is 18.1 Å². The van der Waals surface area contributed by atoms with Gasteiger partial charge in [0.05, 0.1) is 22.9 Å². The van der Waals surface area contributed by atoms with Crippen LogP contribution in [0.2, 0.25) is 5.02 Å². The van der Waals surface area contributed by atoms with E-state index >= 15 is 0 Å². The number of benzene rings is 2. The molecule has 0 saturated carbocycles. The van der Waals surface area contributed by atoms with Gasteiger partial charge in [-0.05, 0) is 45.5 Å². The Morgan fingerprint density at radius 1 is 1.19 bits per heavy atom. The molecule has 5 heteroatoms. The molecule has 0 spiro atoms. The molecule has 1 saturated heterocycles. The Bertz CT molecular complexity index is 778. The van der Waals surface area contributed by atoms with Crippen LogP contribution in [0.3, 0.4) is 0 Å². The highest BCUT2D eigenvalue weighted by Gasteiger charge is 2.36. The summed E-state index contributed by atoms with van der Waals surface area (Å²) in [6.45, 7) is 5.38. The van der Waals surface area contributed by atoms with Gasteiger partial charge in [0.15, 0.2) is 0 Å². The minimum atomic E-state index is -0.154. The van der Waals surface area contributed by atoms with Crippen LogP contribution in [0.4, 0.5) is 5.69 Å². The molecule has 1 aliphatic heterocycles. The van der Waals surface area contributed by atoms with Gasteiger partial charge < -0.3 is 9.64 Å². The van der Waals surface area contributed by atoms with Gasteiger partial charge >= 0.3 is 0 Å². The fourth-order valence-electron chi connectivity index (χ4n) is 3.37. The number of hydrogen-bond acceptors (Lipinski definition) is 3. The second-order valence-electron chi connectivity index (χ2n) is 6.94. The molecule has 0 N–H and O–H groups in total. The zero-order chi connectivity index (χ0) is 18.7. The molecular weight excluding hydrogens is 348 g/mol. The molecule has 1 unspecified atom stereocenters. The average Bonchev–Trinajstić information content (AvgIpc) is 2.98. The van der Waals surface area contributed by atoms with Crippen LogP contribution in [0.15, 0.2) is 48.5 Å². The lowest BCUT2D eigenvalue weighted by Crippen LogP contribution is -2.39. The van der Waals surface area contributed by atoms with E-state index in [9.17, 15) is 4.79 Å². The second-order valence-corrected chi connectivity index (χ2v) is 7.34. The number of nitrogens with zero attached hydrogens (tertiary/aromatic N) is 2. The Labute approximate surface area is 160 Å². The van der Waals surface area contributed by atoms with Crippen molar-refractivity contribution in [1.82, 2.24) is 4.90 Å². The lowest BCUT2D eigenvalue weighted by atomic mass is 10.1. The molecule has 1 heterocycles. The van der Waals surface area contributed by atoms with Crippen LogP contribution in [-0.4, -0.2) is 36.5 Å². The zero-order valence-electron chi connectivity index (χ0n) is 15.5. The zero-order valence-corrected chi connectivity index (χ0v) is 16.2. The molecule has 1 atom stereocenters. The van der Waals surface area contributed by atoms with Gasteiger partial charge in [0.1, 0.15) is 5.75 Å². The minimum Gasteiger partial charge on any atom is -0.491 e. The van der Waals surface area contributed by atoms with E-state index in [1.807, 2.05) is 63.4 Å². The molecule has 1 aliphatic rings. The molecule has 1 fully saturated rings. The monoisotopic (exact) mass is 372 g/mol. The average molecular weight is 373 g/mol. The third kappa shape index (κ3) is 4.02. The highest BCUT2D eigenvalue weighted by Crippen LogP contribution is 2.31. The standard InChI is InChI=1S/C21H25ClN2O2/c1-15(2)26-20-11-7-4-8-16(20)14-23(3)19-12-13-24(21(19)25)18-10-6-5-9-17(18)22/h4-11,15,19H,12-14H2,1-3H3. The number of amides is 1. The van der Waals surface area contributed by atoms with Crippen molar-refractivity contribution in [3.05, 3.63) is 59.1 Å². The van der Waals surface area contributed by atoms with Crippen molar-refractivity contribution >= 4 is 23.2 Å². The van der Waals surface area contributed by atoms with Gasteiger partial charge in [-0.2, -0.15) is 0 Å². The molecule has 26 heavy (non-hydrogen) atoms. The van der Waals surface area contributed by atoms with Gasteiger partial charge in [0.2, 0.25) is 5.91 Å². The molecule has 0 aliphatic carbocycles. The number of carbonyl (C=O) groups is 1. The lowest BCUT2D eigenvalue weighted by Gasteiger charge is -2.25. The molecule has 2 aromatic rings. The number of halogens is 1. The summed E-state index contributed by atoms with van der Waals surface area (Å²) in [5.41, 5.74) is 1.88. The van der Waals surface area contributed by atoms with Gasteiger partial charge in [0, 0.05) is 18.7 Å². The van der Waals surface area contributed by atoms with E-state index < -0.39 is 0 Å². The summed E-state index contributed by atoms with van der Waals surface area (Å²) in [6.07, 6.45) is 0.901. The molecule has 1 amide bonds. The maximum Gasteiger partial charge on any atom is 0.244 e. The molecule has 0 radical (unpaired) electrons. The van der Waals surface area contributed by atoms with Crippen molar-refractivity contribution in [3.63, 3.8) is 0 Å². The normalized spacial score (nSPS) is 17.4. The minimum absolute atomic E-state index is 0.0999. The van der Waals surface area contributed by atoms with Gasteiger partial charge in [-0.3, -0.25) is 9.69 Å². The highest BCUT2D eigenvalue weighted by atomic mass is 35.5. The molecule has 2 aromatic carbocycles. The maximum atomic E-state index is 12.9. The van der Waals surface area contributed by atoms with Gasteiger partial charge in [-0.15, -0.1) is 0 Å². The highest BCUT2D eigenvalue weighted by molar-refractivity contribution is 6.33. The summed E-state index contributed by atoms with van der Waals surface area (Å²) in [7, 11) is 1.99. The van der Waals surface area contributed by atoms with Gasteiger partial charge in [-0.1, -0.05) is 41.9 Å². The Balaban J connectivity index is 1.73. The number of ether oxygens (including phenoxy) is 1. The van der Waals surface area contributed by atoms with Crippen molar-refractivity contribution in [2.24, 2.45) is 0 Å². The predicted octanol–water partition coefficient (Wildman–Crippen LogP) is 4.36. The van der Waals surface area contributed by atoms with Crippen LogP contribution < -0.4 is 9.64 Å².